The van der Waals surface area contributed by atoms with Crippen molar-refractivity contribution in [1.82, 2.24) is 4.90 Å². The number of imide groups is 1. The monoisotopic (exact) mass is 343 g/mol. The van der Waals surface area contributed by atoms with Crippen LogP contribution in [0, 0.1) is 0 Å². The highest BCUT2D eigenvalue weighted by molar-refractivity contribution is 6.40. The molecule has 0 atom stereocenters. The molecule has 2 amide bonds. The van der Waals surface area contributed by atoms with E-state index in [4.69, 9.17) is 27.9 Å². The number of rotatable bonds is 5. The van der Waals surface area contributed by atoms with E-state index in [9.17, 15) is 14.7 Å². The van der Waals surface area contributed by atoms with Gasteiger partial charge in [0.15, 0.2) is 5.76 Å². The first-order chi connectivity index (χ1) is 10.3. The molecule has 0 radical (unpaired) electrons. The summed E-state index contributed by atoms with van der Waals surface area (Å²) in [6, 6.07) is 4.47. The molecule has 1 aromatic rings. The van der Waals surface area contributed by atoms with Crippen LogP contribution in [-0.4, -0.2) is 41.1 Å². The van der Waals surface area contributed by atoms with Crippen LogP contribution in [0.2, 0.25) is 10.0 Å². The van der Waals surface area contributed by atoms with Crippen molar-refractivity contribution in [2.24, 2.45) is 0 Å². The highest BCUT2D eigenvalue weighted by Gasteiger charge is 2.39. The second-order valence-electron chi connectivity index (χ2n) is 5.03. The highest BCUT2D eigenvalue weighted by Crippen LogP contribution is 2.33. The third-order valence-electron chi connectivity index (χ3n) is 3.11. The molecule has 7 heteroatoms. The van der Waals surface area contributed by atoms with Gasteiger partial charge < -0.3 is 9.84 Å². The molecule has 0 fully saturated rings. The molecule has 1 aliphatic heterocycles. The molecule has 0 saturated heterocycles. The van der Waals surface area contributed by atoms with Gasteiger partial charge in [0, 0.05) is 10.6 Å². The number of hydrogen-bond acceptors (Lipinski definition) is 4. The van der Waals surface area contributed by atoms with Crippen molar-refractivity contribution < 1.29 is 19.4 Å². The van der Waals surface area contributed by atoms with Crippen LogP contribution in [0.5, 0.6) is 0 Å². The van der Waals surface area contributed by atoms with E-state index < -0.39 is 17.6 Å². The first-order valence-electron chi connectivity index (χ1n) is 6.69. The summed E-state index contributed by atoms with van der Waals surface area (Å²) in [6.45, 7) is 3.96. The van der Waals surface area contributed by atoms with Crippen molar-refractivity contribution in [2.45, 2.75) is 20.0 Å². The van der Waals surface area contributed by atoms with Crippen LogP contribution in [0.25, 0.3) is 5.57 Å². The highest BCUT2D eigenvalue weighted by atomic mass is 35.5. The smallest absolute Gasteiger partial charge is 0.296 e. The summed E-state index contributed by atoms with van der Waals surface area (Å²) in [5.74, 6) is -1.96. The Bertz CT molecular complexity index is 655. The lowest BCUT2D eigenvalue weighted by molar-refractivity contribution is -0.139. The maximum Gasteiger partial charge on any atom is 0.296 e. The second-order valence-corrected chi connectivity index (χ2v) is 5.87. The standard InChI is InChI=1S/C15H15Cl2NO4/c1-8(2)22-6-5-18-14(20)12(13(19)15(18)21)10-4-3-9(16)7-11(10)17/h3-4,7-8,19H,5-6H2,1-2H3. The zero-order valence-corrected chi connectivity index (χ0v) is 13.6. The minimum atomic E-state index is -0.752. The SMILES string of the molecule is CC(C)OCCN1C(=O)C(O)=C(c2ccc(Cl)cc2Cl)C1=O. The van der Waals surface area contributed by atoms with Crippen LogP contribution >= 0.6 is 23.2 Å². The van der Waals surface area contributed by atoms with Gasteiger partial charge in [-0.1, -0.05) is 29.3 Å². The Balaban J connectivity index is 2.25. The lowest BCUT2D eigenvalue weighted by Crippen LogP contribution is -2.35. The number of hydrogen-bond donors (Lipinski definition) is 1. The third-order valence-corrected chi connectivity index (χ3v) is 3.66. The van der Waals surface area contributed by atoms with E-state index in [0.717, 1.165) is 4.90 Å². The number of carbonyl (C=O) groups excluding carboxylic acids is 2. The molecule has 1 N–H and O–H groups in total. The molecule has 1 aliphatic rings. The molecule has 5 nitrogen and oxygen atoms in total. The van der Waals surface area contributed by atoms with E-state index in [0.29, 0.717) is 5.02 Å². The zero-order valence-electron chi connectivity index (χ0n) is 12.1. The van der Waals surface area contributed by atoms with Gasteiger partial charge in [0.1, 0.15) is 0 Å². The molecule has 2 rings (SSSR count). The number of nitrogens with zero attached hydrogens (tertiary/aromatic N) is 1. The van der Waals surface area contributed by atoms with Crippen LogP contribution in [0.1, 0.15) is 19.4 Å². The largest absolute Gasteiger partial charge is 0.502 e. The molecule has 0 aliphatic carbocycles. The Morgan fingerprint density at radius 1 is 1.23 bits per heavy atom. The predicted molar refractivity (Wildman–Crippen MR) is 83.8 cm³/mol. The number of carbonyl (C=O) groups is 2. The van der Waals surface area contributed by atoms with E-state index in [1.165, 1.54) is 18.2 Å². The number of amides is 2. The normalized spacial score (nSPS) is 15.4. The van der Waals surface area contributed by atoms with Crippen LogP contribution in [0.3, 0.4) is 0 Å². The molecule has 0 bridgehead atoms. The number of ether oxygens (including phenoxy) is 1. The van der Waals surface area contributed by atoms with Gasteiger partial charge in [0.25, 0.3) is 11.8 Å². The minimum absolute atomic E-state index is 0.0143. The van der Waals surface area contributed by atoms with Crippen molar-refractivity contribution in [3.63, 3.8) is 0 Å². The fourth-order valence-corrected chi connectivity index (χ4v) is 2.58. The third kappa shape index (κ3) is 3.27. The first-order valence-corrected chi connectivity index (χ1v) is 7.45. The van der Waals surface area contributed by atoms with Gasteiger partial charge in [-0.25, -0.2) is 0 Å². The quantitative estimate of drug-likeness (QED) is 0.834. The first kappa shape index (κ1) is 16.8. The Morgan fingerprint density at radius 3 is 2.50 bits per heavy atom. The van der Waals surface area contributed by atoms with Crippen molar-refractivity contribution >= 4 is 40.6 Å². The summed E-state index contributed by atoms with van der Waals surface area (Å²) < 4.78 is 5.33. The average molecular weight is 344 g/mol. The average Bonchev–Trinajstić information content (AvgIpc) is 2.63. The van der Waals surface area contributed by atoms with E-state index in [-0.39, 0.29) is 35.4 Å². The van der Waals surface area contributed by atoms with Crippen LogP contribution in [-0.2, 0) is 14.3 Å². The molecule has 0 aromatic heterocycles. The molecular weight excluding hydrogens is 329 g/mol. The van der Waals surface area contributed by atoms with Crippen LogP contribution < -0.4 is 0 Å². The molecule has 0 spiro atoms. The minimum Gasteiger partial charge on any atom is -0.502 e. The predicted octanol–water partition coefficient (Wildman–Crippen LogP) is 3.06. The fourth-order valence-electron chi connectivity index (χ4n) is 2.08. The second kappa shape index (κ2) is 6.69. The van der Waals surface area contributed by atoms with Crippen LogP contribution in [0.4, 0.5) is 0 Å². The maximum atomic E-state index is 12.4. The van der Waals surface area contributed by atoms with Crippen molar-refractivity contribution in [3.8, 4) is 0 Å². The molecule has 0 saturated carbocycles. The lowest BCUT2D eigenvalue weighted by atomic mass is 10.1. The summed E-state index contributed by atoms with van der Waals surface area (Å²) in [5.41, 5.74) is 0.158. The van der Waals surface area contributed by atoms with E-state index in [2.05, 4.69) is 0 Å². The Morgan fingerprint density at radius 2 is 1.91 bits per heavy atom. The Hall–Kier alpha value is -1.56. The van der Waals surface area contributed by atoms with Gasteiger partial charge in [-0.05, 0) is 26.0 Å². The number of aliphatic hydroxyl groups excluding tert-OH is 1. The maximum absolute atomic E-state index is 12.4. The molecule has 22 heavy (non-hydrogen) atoms. The molecular formula is C15H15Cl2NO4. The summed E-state index contributed by atoms with van der Waals surface area (Å²) >= 11 is 11.9. The fraction of sp³-hybridized carbons (Fsp3) is 0.333. The van der Waals surface area contributed by atoms with Gasteiger partial charge >= 0.3 is 0 Å². The van der Waals surface area contributed by atoms with Crippen LogP contribution in [0.15, 0.2) is 24.0 Å². The molecule has 1 aromatic carbocycles. The van der Waals surface area contributed by atoms with Crippen molar-refractivity contribution in [3.05, 3.63) is 39.6 Å². The van der Waals surface area contributed by atoms with E-state index >= 15 is 0 Å². The van der Waals surface area contributed by atoms with Gasteiger partial charge in [-0.3, -0.25) is 14.5 Å². The summed E-state index contributed by atoms with van der Waals surface area (Å²) in [5, 5.41) is 10.6. The molecule has 0 unspecified atom stereocenters. The van der Waals surface area contributed by atoms with Crippen molar-refractivity contribution in [1.29, 1.82) is 0 Å². The molecule has 1 heterocycles. The molecule has 118 valence electrons. The lowest BCUT2D eigenvalue weighted by Gasteiger charge is -2.15. The van der Waals surface area contributed by atoms with E-state index in [1.54, 1.807) is 0 Å². The summed E-state index contributed by atoms with van der Waals surface area (Å²) in [7, 11) is 0. The number of halogens is 2. The van der Waals surface area contributed by atoms with Gasteiger partial charge in [-0.2, -0.15) is 0 Å². The van der Waals surface area contributed by atoms with Crippen molar-refractivity contribution in [2.75, 3.05) is 13.2 Å². The number of benzene rings is 1. The Labute approximate surface area is 138 Å². The topological polar surface area (TPSA) is 66.8 Å². The van der Waals surface area contributed by atoms with Gasteiger partial charge in [0.2, 0.25) is 0 Å². The Kier molecular flexibility index (Phi) is 5.11. The zero-order chi connectivity index (χ0) is 16.4. The van der Waals surface area contributed by atoms with E-state index in [1.807, 2.05) is 13.8 Å². The van der Waals surface area contributed by atoms with Gasteiger partial charge in [-0.15, -0.1) is 0 Å². The summed E-state index contributed by atoms with van der Waals surface area (Å²) in [6.07, 6.45) is -0.0143. The van der Waals surface area contributed by atoms with Gasteiger partial charge in [0.05, 0.1) is 29.9 Å². The summed E-state index contributed by atoms with van der Waals surface area (Å²) in [4.78, 5) is 25.3. The number of aliphatic hydroxyl groups is 1.